The van der Waals surface area contributed by atoms with Crippen LogP contribution in [-0.2, 0) is 19.1 Å². The van der Waals surface area contributed by atoms with Crippen molar-refractivity contribution in [1.29, 1.82) is 0 Å². The SMILES string of the molecule is CCCCCCCCCCCCCCCCCC(=O)OC(C)N(C)C(C)OC(=O)CCCCCCCCCCCCCCCCC. The predicted molar refractivity (Wildman–Crippen MR) is 198 cm³/mol. The third kappa shape index (κ3) is 31.5. The van der Waals surface area contributed by atoms with Crippen LogP contribution in [-0.4, -0.2) is 36.3 Å². The number of carbonyl (C=O) groups excluding carboxylic acids is 2. The summed E-state index contributed by atoms with van der Waals surface area (Å²) in [7, 11) is 1.84. The molecule has 0 bridgehead atoms. The molecular weight excluding hydrogens is 570 g/mol. The third-order valence-electron chi connectivity index (χ3n) is 9.72. The van der Waals surface area contributed by atoms with E-state index < -0.39 is 12.5 Å². The van der Waals surface area contributed by atoms with Gasteiger partial charge in [0.05, 0.1) is 0 Å². The van der Waals surface area contributed by atoms with Crippen molar-refractivity contribution in [3.8, 4) is 0 Å². The molecule has 2 atom stereocenters. The fraction of sp³-hybridized carbons (Fsp3) is 0.951. The van der Waals surface area contributed by atoms with Crippen LogP contribution in [0.4, 0.5) is 0 Å². The van der Waals surface area contributed by atoms with Gasteiger partial charge in [-0.1, -0.05) is 194 Å². The van der Waals surface area contributed by atoms with Gasteiger partial charge in [-0.05, 0) is 33.7 Å². The van der Waals surface area contributed by atoms with Crippen molar-refractivity contribution in [2.75, 3.05) is 7.05 Å². The molecule has 0 heterocycles. The summed E-state index contributed by atoms with van der Waals surface area (Å²) in [4.78, 5) is 26.5. The Balaban J connectivity index is 3.62. The van der Waals surface area contributed by atoms with Gasteiger partial charge in [0.25, 0.3) is 0 Å². The van der Waals surface area contributed by atoms with Crippen LogP contribution in [0, 0.1) is 0 Å². The second kappa shape index (κ2) is 35.2. The minimum atomic E-state index is -0.419. The van der Waals surface area contributed by atoms with Gasteiger partial charge in [0.15, 0.2) is 12.5 Å². The minimum absolute atomic E-state index is 0.162. The predicted octanol–water partition coefficient (Wildman–Crippen LogP) is 13.2. The number of ether oxygens (including phenoxy) is 2. The average Bonchev–Trinajstić information content (AvgIpc) is 3.04. The van der Waals surface area contributed by atoms with Gasteiger partial charge in [0.2, 0.25) is 0 Å². The van der Waals surface area contributed by atoms with Crippen LogP contribution < -0.4 is 0 Å². The van der Waals surface area contributed by atoms with Crippen LogP contribution in [0.5, 0.6) is 0 Å². The van der Waals surface area contributed by atoms with Crippen molar-refractivity contribution in [2.45, 2.75) is 246 Å². The first-order chi connectivity index (χ1) is 22.4. The van der Waals surface area contributed by atoms with Gasteiger partial charge in [-0.25, -0.2) is 4.90 Å². The maximum absolute atomic E-state index is 12.3. The Kier molecular flexibility index (Phi) is 34.4. The lowest BCUT2D eigenvalue weighted by Gasteiger charge is -2.29. The van der Waals surface area contributed by atoms with Crippen molar-refractivity contribution in [3.05, 3.63) is 0 Å². The molecule has 0 aromatic carbocycles. The monoisotopic (exact) mass is 652 g/mol. The summed E-state index contributed by atoms with van der Waals surface area (Å²) in [5.74, 6) is -0.323. The molecule has 0 aliphatic rings. The Morgan fingerprint density at radius 3 is 0.804 bits per heavy atom. The lowest BCUT2D eigenvalue weighted by molar-refractivity contribution is -0.176. The third-order valence-corrected chi connectivity index (χ3v) is 9.72. The molecule has 0 radical (unpaired) electrons. The first-order valence-corrected chi connectivity index (χ1v) is 20.5. The Morgan fingerprint density at radius 2 is 0.587 bits per heavy atom. The van der Waals surface area contributed by atoms with E-state index in [4.69, 9.17) is 9.47 Å². The van der Waals surface area contributed by atoms with Crippen molar-refractivity contribution < 1.29 is 19.1 Å². The zero-order valence-electron chi connectivity index (χ0n) is 31.9. The van der Waals surface area contributed by atoms with Gasteiger partial charge in [-0.15, -0.1) is 0 Å². The molecule has 0 amide bonds. The van der Waals surface area contributed by atoms with Crippen molar-refractivity contribution in [1.82, 2.24) is 4.90 Å². The van der Waals surface area contributed by atoms with E-state index in [1.54, 1.807) is 0 Å². The minimum Gasteiger partial charge on any atom is -0.447 e. The highest BCUT2D eigenvalue weighted by molar-refractivity contribution is 5.70. The van der Waals surface area contributed by atoms with E-state index in [9.17, 15) is 9.59 Å². The summed E-state index contributed by atoms with van der Waals surface area (Å²) in [6.07, 6.45) is 39.5. The van der Waals surface area contributed by atoms with Crippen molar-refractivity contribution >= 4 is 11.9 Å². The summed E-state index contributed by atoms with van der Waals surface area (Å²) in [6.45, 7) is 8.26. The molecule has 0 aromatic heterocycles. The normalized spacial score (nSPS) is 12.8. The van der Waals surface area contributed by atoms with Gasteiger partial charge in [0.1, 0.15) is 0 Å². The molecule has 0 N–H and O–H groups in total. The van der Waals surface area contributed by atoms with E-state index in [-0.39, 0.29) is 11.9 Å². The Morgan fingerprint density at radius 1 is 0.391 bits per heavy atom. The molecule has 46 heavy (non-hydrogen) atoms. The molecular formula is C41H81NO4. The number of esters is 2. The van der Waals surface area contributed by atoms with E-state index in [0.717, 1.165) is 25.7 Å². The zero-order valence-corrected chi connectivity index (χ0v) is 31.9. The maximum atomic E-state index is 12.3. The lowest BCUT2D eigenvalue weighted by Crippen LogP contribution is -2.42. The maximum Gasteiger partial charge on any atom is 0.307 e. The molecule has 0 rings (SSSR count). The van der Waals surface area contributed by atoms with Gasteiger partial charge < -0.3 is 9.47 Å². The number of hydrogen-bond donors (Lipinski definition) is 0. The van der Waals surface area contributed by atoms with Crippen LogP contribution >= 0.6 is 0 Å². The van der Waals surface area contributed by atoms with Gasteiger partial charge in [-0.3, -0.25) is 9.59 Å². The number of carbonyl (C=O) groups is 2. The number of hydrogen-bond acceptors (Lipinski definition) is 5. The summed E-state index contributed by atoms with van der Waals surface area (Å²) in [5, 5.41) is 0. The van der Waals surface area contributed by atoms with E-state index in [1.165, 1.54) is 167 Å². The molecule has 0 aliphatic carbocycles. The van der Waals surface area contributed by atoms with Crippen LogP contribution in [0.25, 0.3) is 0 Å². The zero-order chi connectivity index (χ0) is 33.9. The van der Waals surface area contributed by atoms with E-state index in [1.807, 2.05) is 25.8 Å². The summed E-state index contributed by atoms with van der Waals surface area (Å²) in [5.41, 5.74) is 0. The van der Waals surface area contributed by atoms with Crippen LogP contribution in [0.15, 0.2) is 0 Å². The second-order valence-electron chi connectivity index (χ2n) is 14.2. The summed E-state index contributed by atoms with van der Waals surface area (Å²) < 4.78 is 11.2. The lowest BCUT2D eigenvalue weighted by atomic mass is 10.0. The molecule has 5 heteroatoms. The molecule has 0 saturated carbocycles. The number of rotatable bonds is 36. The van der Waals surface area contributed by atoms with Crippen LogP contribution in [0.3, 0.4) is 0 Å². The highest BCUT2D eigenvalue weighted by Gasteiger charge is 2.22. The fourth-order valence-corrected chi connectivity index (χ4v) is 6.24. The molecule has 2 unspecified atom stereocenters. The molecule has 0 aromatic rings. The quantitative estimate of drug-likeness (QED) is 0.0383. The highest BCUT2D eigenvalue weighted by Crippen LogP contribution is 2.16. The second-order valence-corrected chi connectivity index (χ2v) is 14.2. The topological polar surface area (TPSA) is 55.8 Å². The van der Waals surface area contributed by atoms with Gasteiger partial charge in [0, 0.05) is 12.8 Å². The van der Waals surface area contributed by atoms with Gasteiger partial charge in [-0.2, -0.15) is 0 Å². The number of nitrogens with zero attached hydrogens (tertiary/aromatic N) is 1. The van der Waals surface area contributed by atoms with Crippen LogP contribution in [0.2, 0.25) is 0 Å². The molecule has 0 saturated heterocycles. The van der Waals surface area contributed by atoms with E-state index in [2.05, 4.69) is 13.8 Å². The first kappa shape index (κ1) is 44.9. The molecule has 0 fully saturated rings. The molecule has 0 spiro atoms. The Labute approximate surface area is 288 Å². The van der Waals surface area contributed by atoms with Crippen LogP contribution in [0.1, 0.15) is 233 Å². The summed E-state index contributed by atoms with van der Waals surface area (Å²) >= 11 is 0. The fourth-order valence-electron chi connectivity index (χ4n) is 6.24. The molecule has 5 nitrogen and oxygen atoms in total. The summed E-state index contributed by atoms with van der Waals surface area (Å²) in [6, 6.07) is 0. The Bertz CT molecular complexity index is 600. The Hall–Kier alpha value is -1.10. The van der Waals surface area contributed by atoms with Crippen molar-refractivity contribution in [2.24, 2.45) is 0 Å². The molecule has 0 aliphatic heterocycles. The van der Waals surface area contributed by atoms with E-state index >= 15 is 0 Å². The smallest absolute Gasteiger partial charge is 0.307 e. The van der Waals surface area contributed by atoms with Crippen molar-refractivity contribution in [3.63, 3.8) is 0 Å². The van der Waals surface area contributed by atoms with Gasteiger partial charge >= 0.3 is 11.9 Å². The number of unbranched alkanes of at least 4 members (excludes halogenated alkanes) is 28. The average molecular weight is 652 g/mol. The largest absolute Gasteiger partial charge is 0.447 e. The van der Waals surface area contributed by atoms with E-state index in [0.29, 0.717) is 12.8 Å². The highest BCUT2D eigenvalue weighted by atomic mass is 16.6. The standard InChI is InChI=1S/C41H81NO4/c1-6-8-10-12-14-16-18-20-22-24-26-28-30-32-34-36-40(43)45-38(3)42(5)39(4)46-41(44)37-35-33-31-29-27-25-23-21-19-17-15-13-11-9-7-2/h38-39H,6-37H2,1-5H3. The first-order valence-electron chi connectivity index (χ1n) is 20.5. The molecule has 274 valence electrons.